The molecule has 0 spiro atoms. The highest BCUT2D eigenvalue weighted by Crippen LogP contribution is 2.30. The molecule has 5 rings (SSSR count). The van der Waals surface area contributed by atoms with Gasteiger partial charge >= 0.3 is 0 Å². The smallest absolute Gasteiger partial charge is 0.256 e. The zero-order chi connectivity index (χ0) is 27.0. The van der Waals surface area contributed by atoms with Gasteiger partial charge in [-0.1, -0.05) is 60.7 Å². The molecule has 1 amide bonds. The molecule has 1 fully saturated rings. The second kappa shape index (κ2) is 12.5. The van der Waals surface area contributed by atoms with Crippen molar-refractivity contribution in [3.05, 3.63) is 107 Å². The Hall–Kier alpha value is -4.25. The molecule has 4 aromatic rings. The van der Waals surface area contributed by atoms with Gasteiger partial charge in [-0.2, -0.15) is 5.26 Å². The first-order chi connectivity index (χ1) is 19.1. The molecule has 198 valence electrons. The molecule has 3 aromatic carbocycles. The van der Waals surface area contributed by atoms with E-state index in [0.29, 0.717) is 23.0 Å². The number of nitrogens with one attached hydrogen (secondary N) is 1. The lowest BCUT2D eigenvalue weighted by atomic mass is 9.96. The maximum atomic E-state index is 12.7. The normalized spacial score (nSPS) is 14.4. The Labute approximate surface area is 229 Å². The minimum absolute atomic E-state index is 0.107. The number of unbranched alkanes of at least 4 members (excludes halogenated alkanes) is 1. The summed E-state index contributed by atoms with van der Waals surface area (Å²) >= 11 is 0. The van der Waals surface area contributed by atoms with Gasteiger partial charge in [0.25, 0.3) is 5.91 Å². The van der Waals surface area contributed by atoms with Gasteiger partial charge < -0.3 is 15.3 Å². The van der Waals surface area contributed by atoms with Gasteiger partial charge in [0.15, 0.2) is 0 Å². The summed E-state index contributed by atoms with van der Waals surface area (Å²) in [6.45, 7) is 5.59. The topological polar surface area (TPSA) is 92.5 Å². The number of rotatable bonds is 9. The van der Waals surface area contributed by atoms with Crippen LogP contribution >= 0.6 is 0 Å². The van der Waals surface area contributed by atoms with E-state index in [0.717, 1.165) is 45.6 Å². The number of piperazine rings is 1. The molecule has 39 heavy (non-hydrogen) atoms. The van der Waals surface area contributed by atoms with E-state index in [-0.39, 0.29) is 23.3 Å². The van der Waals surface area contributed by atoms with Gasteiger partial charge in [-0.3, -0.25) is 14.7 Å². The third-order valence-corrected chi connectivity index (χ3v) is 7.40. The van der Waals surface area contributed by atoms with Gasteiger partial charge in [0.1, 0.15) is 11.3 Å². The molecule has 1 saturated heterocycles. The number of aromatic nitrogens is 1. The van der Waals surface area contributed by atoms with Crippen molar-refractivity contribution in [3.63, 3.8) is 0 Å². The molecule has 0 saturated carbocycles. The molecule has 0 atom stereocenters. The van der Waals surface area contributed by atoms with Crippen LogP contribution < -0.4 is 5.32 Å². The van der Waals surface area contributed by atoms with Crippen LogP contribution in [0.4, 0.5) is 0 Å². The third-order valence-electron chi connectivity index (χ3n) is 7.40. The number of carbonyl (C=O) groups excluding carboxylic acids is 1. The van der Waals surface area contributed by atoms with Crippen molar-refractivity contribution in [1.29, 1.82) is 5.26 Å². The van der Waals surface area contributed by atoms with Crippen LogP contribution in [0.15, 0.2) is 85.1 Å². The first-order valence-corrected chi connectivity index (χ1v) is 13.5. The fourth-order valence-electron chi connectivity index (χ4n) is 5.30. The lowest BCUT2D eigenvalue weighted by molar-refractivity contribution is 0.0946. The van der Waals surface area contributed by atoms with E-state index >= 15 is 0 Å². The number of nitrogens with zero attached hydrogens (tertiary/aromatic N) is 4. The highest BCUT2D eigenvalue weighted by molar-refractivity contribution is 6.02. The van der Waals surface area contributed by atoms with E-state index in [4.69, 9.17) is 5.26 Å². The Balaban J connectivity index is 1.08. The SMILES string of the molecule is N#Cc1ccc2c(O)c(C(=O)NCCCCN3CCN(C(c4ccccc4)c4ccccc4)CC3)cnc2c1. The molecule has 0 bridgehead atoms. The minimum Gasteiger partial charge on any atom is -0.506 e. The Kier molecular flexibility index (Phi) is 8.47. The highest BCUT2D eigenvalue weighted by Gasteiger charge is 2.26. The Morgan fingerprint density at radius 2 is 1.62 bits per heavy atom. The van der Waals surface area contributed by atoms with Gasteiger partial charge in [-0.15, -0.1) is 0 Å². The summed E-state index contributed by atoms with van der Waals surface area (Å²) in [6.07, 6.45) is 3.21. The second-order valence-corrected chi connectivity index (χ2v) is 9.93. The summed E-state index contributed by atoms with van der Waals surface area (Å²) < 4.78 is 0. The third kappa shape index (κ3) is 6.26. The van der Waals surface area contributed by atoms with E-state index in [2.05, 4.69) is 86.8 Å². The molecular formula is C32H33N5O2. The predicted molar refractivity (Wildman–Crippen MR) is 152 cm³/mol. The van der Waals surface area contributed by atoms with Crippen molar-refractivity contribution in [2.45, 2.75) is 18.9 Å². The number of pyridine rings is 1. The van der Waals surface area contributed by atoms with Crippen LogP contribution in [0.5, 0.6) is 5.75 Å². The molecule has 1 aliphatic heterocycles. The lowest BCUT2D eigenvalue weighted by Crippen LogP contribution is -2.48. The molecular weight excluding hydrogens is 486 g/mol. The van der Waals surface area contributed by atoms with Crippen molar-refractivity contribution in [2.75, 3.05) is 39.3 Å². The van der Waals surface area contributed by atoms with Crippen molar-refractivity contribution in [3.8, 4) is 11.8 Å². The first kappa shape index (κ1) is 26.4. The van der Waals surface area contributed by atoms with Crippen molar-refractivity contribution in [2.24, 2.45) is 0 Å². The van der Waals surface area contributed by atoms with E-state index in [1.807, 2.05) is 0 Å². The standard InChI is InChI=1S/C32H33N5O2/c33-22-24-13-14-27-29(21-24)35-23-28(31(27)38)32(39)34-15-7-8-16-36-17-19-37(20-18-36)30(25-9-3-1-4-10-25)26-11-5-2-6-12-26/h1-6,9-14,21,23,30H,7-8,15-20H2,(H,34,39)(H,35,38). The Morgan fingerprint density at radius 3 is 2.26 bits per heavy atom. The molecule has 0 unspecified atom stereocenters. The summed E-state index contributed by atoms with van der Waals surface area (Å²) in [5, 5.41) is 23.0. The summed E-state index contributed by atoms with van der Waals surface area (Å²) in [6, 6.07) is 28.6. The summed E-state index contributed by atoms with van der Waals surface area (Å²) in [5.41, 5.74) is 3.75. The summed E-state index contributed by atoms with van der Waals surface area (Å²) in [7, 11) is 0. The molecule has 1 aromatic heterocycles. The Morgan fingerprint density at radius 1 is 0.949 bits per heavy atom. The maximum absolute atomic E-state index is 12.7. The molecule has 2 heterocycles. The largest absolute Gasteiger partial charge is 0.506 e. The van der Waals surface area contributed by atoms with Gasteiger partial charge in [0.2, 0.25) is 0 Å². The van der Waals surface area contributed by atoms with E-state index < -0.39 is 0 Å². The number of amides is 1. The lowest BCUT2D eigenvalue weighted by Gasteiger charge is -2.39. The summed E-state index contributed by atoms with van der Waals surface area (Å²) in [4.78, 5) is 22.0. The zero-order valence-electron chi connectivity index (χ0n) is 22.0. The monoisotopic (exact) mass is 519 g/mol. The fourth-order valence-corrected chi connectivity index (χ4v) is 5.30. The van der Waals surface area contributed by atoms with Gasteiger partial charge in [-0.25, -0.2) is 0 Å². The maximum Gasteiger partial charge on any atom is 0.256 e. The second-order valence-electron chi connectivity index (χ2n) is 9.93. The number of hydrogen-bond acceptors (Lipinski definition) is 6. The number of carbonyl (C=O) groups is 1. The van der Waals surface area contributed by atoms with E-state index in [1.54, 1.807) is 18.2 Å². The van der Waals surface area contributed by atoms with E-state index in [1.165, 1.54) is 17.3 Å². The number of hydrogen-bond donors (Lipinski definition) is 2. The van der Waals surface area contributed by atoms with Crippen molar-refractivity contribution < 1.29 is 9.90 Å². The summed E-state index contributed by atoms with van der Waals surface area (Å²) in [5.74, 6) is -0.447. The molecule has 1 aliphatic rings. The number of aromatic hydroxyl groups is 1. The van der Waals surface area contributed by atoms with Crippen molar-refractivity contribution in [1.82, 2.24) is 20.1 Å². The van der Waals surface area contributed by atoms with Gasteiger partial charge in [0.05, 0.1) is 23.2 Å². The van der Waals surface area contributed by atoms with Crippen LogP contribution in [-0.2, 0) is 0 Å². The number of nitriles is 1. The molecule has 2 N–H and O–H groups in total. The Bertz CT molecular complexity index is 1400. The van der Waals surface area contributed by atoms with Crippen LogP contribution in [0.2, 0.25) is 0 Å². The van der Waals surface area contributed by atoms with Crippen LogP contribution in [0, 0.1) is 11.3 Å². The minimum atomic E-state index is -0.340. The fraction of sp³-hybridized carbons (Fsp3) is 0.281. The zero-order valence-corrected chi connectivity index (χ0v) is 22.0. The van der Waals surface area contributed by atoms with Gasteiger partial charge in [-0.05, 0) is 48.7 Å². The average Bonchev–Trinajstić information content (AvgIpc) is 2.99. The predicted octanol–water partition coefficient (Wildman–Crippen LogP) is 4.73. The highest BCUT2D eigenvalue weighted by atomic mass is 16.3. The number of benzene rings is 3. The van der Waals surface area contributed by atoms with Crippen LogP contribution in [0.25, 0.3) is 10.9 Å². The van der Waals surface area contributed by atoms with Crippen molar-refractivity contribution >= 4 is 16.8 Å². The van der Waals surface area contributed by atoms with Crippen LogP contribution in [0.3, 0.4) is 0 Å². The molecule has 7 nitrogen and oxygen atoms in total. The quantitative estimate of drug-likeness (QED) is 0.311. The first-order valence-electron chi connectivity index (χ1n) is 13.5. The van der Waals surface area contributed by atoms with Crippen LogP contribution in [-0.4, -0.2) is 65.1 Å². The number of fused-ring (bicyclic) bond motifs is 1. The van der Waals surface area contributed by atoms with Crippen LogP contribution in [0.1, 0.15) is 45.9 Å². The molecule has 0 aliphatic carbocycles. The average molecular weight is 520 g/mol. The van der Waals surface area contributed by atoms with E-state index in [9.17, 15) is 9.90 Å². The molecule has 7 heteroatoms. The molecule has 0 radical (unpaired) electrons. The van der Waals surface area contributed by atoms with Gasteiger partial charge in [0, 0.05) is 44.3 Å².